The molecule has 2 aromatic carbocycles. The number of hydrogen-bond donors (Lipinski definition) is 1. The largest absolute Gasteiger partial charge is 0.394 e. The highest BCUT2D eigenvalue weighted by atomic mass is 16.7. The van der Waals surface area contributed by atoms with Crippen molar-refractivity contribution in [3.8, 4) is 0 Å². The summed E-state index contributed by atoms with van der Waals surface area (Å²) in [6.07, 6.45) is -1.86. The van der Waals surface area contributed by atoms with Crippen LogP contribution in [0, 0.1) is 0 Å². The van der Waals surface area contributed by atoms with Crippen molar-refractivity contribution in [3.05, 3.63) is 71.8 Å². The Kier molecular flexibility index (Phi) is 6.55. The molecule has 1 saturated heterocycles. The number of benzene rings is 2. The summed E-state index contributed by atoms with van der Waals surface area (Å²) in [6.45, 7) is 0.704. The summed E-state index contributed by atoms with van der Waals surface area (Å²) in [6, 6.07) is 19.8. The summed E-state index contributed by atoms with van der Waals surface area (Å²) in [5.41, 5.74) is 2.12. The number of rotatable bonds is 8. The molecule has 25 heavy (non-hydrogen) atoms. The smallest absolute Gasteiger partial charge is 0.186 e. The summed E-state index contributed by atoms with van der Waals surface area (Å²) in [5, 5.41) is 9.63. The summed E-state index contributed by atoms with van der Waals surface area (Å²) in [5.74, 6) is 0. The maximum atomic E-state index is 9.63. The van der Waals surface area contributed by atoms with Crippen LogP contribution in [0.15, 0.2) is 60.7 Å². The molecule has 1 heterocycles. The first kappa shape index (κ1) is 18.0. The second kappa shape index (κ2) is 9.08. The van der Waals surface area contributed by atoms with Crippen LogP contribution in [0.5, 0.6) is 0 Å². The number of methoxy groups -OCH3 is 1. The molecule has 5 nitrogen and oxygen atoms in total. The number of aliphatic hydroxyl groups is 1. The molecular formula is C20H24O5. The molecule has 1 N–H and O–H groups in total. The van der Waals surface area contributed by atoms with Crippen LogP contribution in [-0.2, 0) is 32.2 Å². The van der Waals surface area contributed by atoms with Crippen LogP contribution in [0.2, 0.25) is 0 Å². The summed E-state index contributed by atoms with van der Waals surface area (Å²) < 4.78 is 23.2. The Morgan fingerprint density at radius 2 is 1.36 bits per heavy atom. The van der Waals surface area contributed by atoms with Crippen LogP contribution in [-0.4, -0.2) is 43.4 Å². The highest BCUT2D eigenvalue weighted by molar-refractivity contribution is 5.14. The average Bonchev–Trinajstić information content (AvgIpc) is 3.03. The Hall–Kier alpha value is -1.76. The van der Waals surface area contributed by atoms with Crippen LogP contribution in [0.4, 0.5) is 0 Å². The molecule has 0 aromatic heterocycles. The first-order valence-electron chi connectivity index (χ1n) is 8.42. The Morgan fingerprint density at radius 3 is 1.84 bits per heavy atom. The summed E-state index contributed by atoms with van der Waals surface area (Å²) in [7, 11) is 1.57. The minimum absolute atomic E-state index is 0.148. The van der Waals surface area contributed by atoms with Crippen molar-refractivity contribution >= 4 is 0 Å². The maximum absolute atomic E-state index is 9.63. The lowest BCUT2D eigenvalue weighted by molar-refractivity contribution is -0.169. The molecule has 134 valence electrons. The van der Waals surface area contributed by atoms with Crippen LogP contribution in [0.1, 0.15) is 11.1 Å². The molecule has 0 unspecified atom stereocenters. The Bertz CT molecular complexity index is 563. The van der Waals surface area contributed by atoms with Gasteiger partial charge >= 0.3 is 0 Å². The van der Waals surface area contributed by atoms with Gasteiger partial charge in [-0.3, -0.25) is 0 Å². The van der Waals surface area contributed by atoms with Gasteiger partial charge in [0.25, 0.3) is 0 Å². The average molecular weight is 344 g/mol. The Balaban J connectivity index is 1.66. The van der Waals surface area contributed by atoms with E-state index in [2.05, 4.69) is 0 Å². The normalized spacial score (nSPS) is 26.0. The number of ether oxygens (including phenoxy) is 4. The van der Waals surface area contributed by atoms with Crippen LogP contribution >= 0.6 is 0 Å². The van der Waals surface area contributed by atoms with E-state index in [1.54, 1.807) is 7.11 Å². The van der Waals surface area contributed by atoms with Crippen LogP contribution < -0.4 is 0 Å². The minimum Gasteiger partial charge on any atom is -0.394 e. The van der Waals surface area contributed by atoms with Gasteiger partial charge < -0.3 is 24.1 Å². The van der Waals surface area contributed by atoms with E-state index in [1.165, 1.54) is 0 Å². The molecule has 3 rings (SSSR count). The van der Waals surface area contributed by atoms with Crippen molar-refractivity contribution < 1.29 is 24.1 Å². The third-order valence-electron chi connectivity index (χ3n) is 4.25. The molecule has 1 aliphatic rings. The SMILES string of the molecule is CO[C@@H]1O[C@H](CO)[C@H](OCc2ccccc2)[C@H]1OCc1ccccc1. The predicted octanol–water partition coefficient (Wildman–Crippen LogP) is 2.52. The van der Waals surface area contributed by atoms with E-state index in [9.17, 15) is 5.11 Å². The second-order valence-electron chi connectivity index (χ2n) is 5.98. The van der Waals surface area contributed by atoms with E-state index >= 15 is 0 Å². The molecule has 1 fully saturated rings. The fraction of sp³-hybridized carbons (Fsp3) is 0.400. The minimum atomic E-state index is -0.568. The molecule has 0 spiro atoms. The highest BCUT2D eigenvalue weighted by Gasteiger charge is 2.46. The first-order chi connectivity index (χ1) is 12.3. The lowest BCUT2D eigenvalue weighted by Gasteiger charge is -2.24. The standard InChI is InChI=1S/C20H24O5/c1-22-20-19(24-14-16-10-6-3-7-11-16)18(17(12-21)25-20)23-13-15-8-4-2-5-9-15/h2-11,17-21H,12-14H2,1H3/t17-,18+,19-,20-/m1/s1. The molecule has 0 aliphatic carbocycles. The van der Waals surface area contributed by atoms with E-state index in [1.807, 2.05) is 60.7 Å². The molecule has 5 heteroatoms. The number of hydrogen-bond acceptors (Lipinski definition) is 5. The highest BCUT2D eigenvalue weighted by Crippen LogP contribution is 2.28. The van der Waals surface area contributed by atoms with Gasteiger partial charge in [0, 0.05) is 7.11 Å². The monoisotopic (exact) mass is 344 g/mol. The Labute approximate surface area is 148 Å². The van der Waals surface area contributed by atoms with Gasteiger partial charge in [0.05, 0.1) is 19.8 Å². The molecule has 0 radical (unpaired) electrons. The molecule has 2 aromatic rings. The van der Waals surface area contributed by atoms with E-state index < -0.39 is 24.6 Å². The van der Waals surface area contributed by atoms with E-state index in [0.717, 1.165) is 11.1 Å². The molecule has 4 atom stereocenters. The summed E-state index contributed by atoms with van der Waals surface area (Å²) in [4.78, 5) is 0. The van der Waals surface area contributed by atoms with E-state index in [-0.39, 0.29) is 6.61 Å². The lowest BCUT2D eigenvalue weighted by atomic mass is 10.1. The van der Waals surface area contributed by atoms with E-state index in [4.69, 9.17) is 18.9 Å². The van der Waals surface area contributed by atoms with Crippen molar-refractivity contribution in [1.29, 1.82) is 0 Å². The zero-order valence-corrected chi connectivity index (χ0v) is 14.3. The zero-order valence-electron chi connectivity index (χ0n) is 14.3. The number of aliphatic hydroxyl groups excluding tert-OH is 1. The molecule has 0 amide bonds. The van der Waals surface area contributed by atoms with Crippen molar-refractivity contribution in [2.45, 2.75) is 37.8 Å². The quantitative estimate of drug-likeness (QED) is 0.797. The van der Waals surface area contributed by atoms with Crippen LogP contribution in [0.3, 0.4) is 0 Å². The van der Waals surface area contributed by atoms with Gasteiger partial charge in [0.2, 0.25) is 0 Å². The fourth-order valence-electron chi connectivity index (χ4n) is 2.94. The van der Waals surface area contributed by atoms with Gasteiger partial charge in [0.15, 0.2) is 6.29 Å². The summed E-state index contributed by atoms with van der Waals surface area (Å²) >= 11 is 0. The molecule has 0 bridgehead atoms. The third kappa shape index (κ3) is 4.66. The maximum Gasteiger partial charge on any atom is 0.186 e. The van der Waals surface area contributed by atoms with Gasteiger partial charge in [-0.2, -0.15) is 0 Å². The second-order valence-corrected chi connectivity index (χ2v) is 5.98. The van der Waals surface area contributed by atoms with Crippen molar-refractivity contribution in [1.82, 2.24) is 0 Å². The van der Waals surface area contributed by atoms with Gasteiger partial charge in [-0.15, -0.1) is 0 Å². The van der Waals surface area contributed by atoms with Crippen molar-refractivity contribution in [3.63, 3.8) is 0 Å². The fourth-order valence-corrected chi connectivity index (χ4v) is 2.94. The van der Waals surface area contributed by atoms with Crippen molar-refractivity contribution in [2.24, 2.45) is 0 Å². The predicted molar refractivity (Wildman–Crippen MR) is 92.8 cm³/mol. The molecule has 0 saturated carbocycles. The lowest BCUT2D eigenvalue weighted by Crippen LogP contribution is -2.39. The first-order valence-corrected chi connectivity index (χ1v) is 8.42. The molecule has 1 aliphatic heterocycles. The third-order valence-corrected chi connectivity index (χ3v) is 4.25. The molecular weight excluding hydrogens is 320 g/mol. The van der Waals surface area contributed by atoms with Gasteiger partial charge in [-0.1, -0.05) is 60.7 Å². The zero-order chi connectivity index (χ0) is 17.5. The van der Waals surface area contributed by atoms with E-state index in [0.29, 0.717) is 13.2 Å². The van der Waals surface area contributed by atoms with Gasteiger partial charge in [-0.25, -0.2) is 0 Å². The van der Waals surface area contributed by atoms with Crippen molar-refractivity contribution in [2.75, 3.05) is 13.7 Å². The van der Waals surface area contributed by atoms with Gasteiger partial charge in [0.1, 0.15) is 18.3 Å². The van der Waals surface area contributed by atoms with Crippen LogP contribution in [0.25, 0.3) is 0 Å². The topological polar surface area (TPSA) is 57.2 Å². The van der Waals surface area contributed by atoms with Gasteiger partial charge in [-0.05, 0) is 11.1 Å². The Morgan fingerprint density at radius 1 is 0.840 bits per heavy atom.